The van der Waals surface area contributed by atoms with E-state index in [4.69, 9.17) is 5.11 Å². The lowest BCUT2D eigenvalue weighted by molar-refractivity contribution is -0.150. The second-order valence-electron chi connectivity index (χ2n) is 2.93. The van der Waals surface area contributed by atoms with Gasteiger partial charge in [0.15, 0.2) is 0 Å². The third-order valence-corrected chi connectivity index (χ3v) is 2.17. The molecule has 1 atom stereocenters. The average Bonchev–Trinajstić information content (AvgIpc) is 2.05. The van der Waals surface area contributed by atoms with E-state index in [9.17, 15) is 9.18 Å². The second kappa shape index (κ2) is 3.03. The minimum atomic E-state index is -1.12. The molecule has 0 radical (unpaired) electrons. The van der Waals surface area contributed by atoms with Crippen molar-refractivity contribution in [2.24, 2.45) is 5.41 Å². The van der Waals surface area contributed by atoms with Gasteiger partial charge in [-0.25, -0.2) is 4.39 Å². The minimum absolute atomic E-state index is 0.332. The molecule has 0 aliphatic heterocycles. The van der Waals surface area contributed by atoms with Crippen LogP contribution in [0.25, 0.3) is 0 Å². The van der Waals surface area contributed by atoms with E-state index in [0.717, 1.165) is 0 Å². The average molecular weight is 158 g/mol. The largest absolute Gasteiger partial charge is 0.481 e. The molecule has 0 saturated heterocycles. The lowest BCUT2D eigenvalue weighted by Gasteiger charge is -2.26. The SMILES string of the molecule is O=C(O)C1(CF)CC=CCC1. The van der Waals surface area contributed by atoms with Crippen molar-refractivity contribution in [3.8, 4) is 0 Å². The third kappa shape index (κ3) is 1.42. The molecule has 11 heavy (non-hydrogen) atoms. The predicted octanol–water partition coefficient (Wildman–Crippen LogP) is 1.77. The van der Waals surface area contributed by atoms with Gasteiger partial charge in [-0.3, -0.25) is 4.79 Å². The third-order valence-electron chi connectivity index (χ3n) is 2.17. The fourth-order valence-electron chi connectivity index (χ4n) is 1.26. The maximum atomic E-state index is 12.4. The van der Waals surface area contributed by atoms with E-state index in [1.807, 2.05) is 6.08 Å². The Balaban J connectivity index is 2.75. The Bertz CT molecular complexity index is 189. The molecule has 0 amide bonds. The van der Waals surface area contributed by atoms with Crippen LogP contribution in [-0.4, -0.2) is 17.8 Å². The van der Waals surface area contributed by atoms with Crippen LogP contribution in [0.3, 0.4) is 0 Å². The fraction of sp³-hybridized carbons (Fsp3) is 0.625. The minimum Gasteiger partial charge on any atom is -0.481 e. The summed E-state index contributed by atoms with van der Waals surface area (Å²) >= 11 is 0. The summed E-state index contributed by atoms with van der Waals surface area (Å²) in [5.41, 5.74) is -1.12. The molecule has 1 aliphatic rings. The van der Waals surface area contributed by atoms with Gasteiger partial charge in [0.05, 0.1) is 5.41 Å². The van der Waals surface area contributed by atoms with Gasteiger partial charge < -0.3 is 5.11 Å². The number of alkyl halides is 1. The van der Waals surface area contributed by atoms with E-state index < -0.39 is 18.1 Å². The molecular formula is C8H11FO2. The first-order chi connectivity index (χ1) is 5.21. The van der Waals surface area contributed by atoms with Crippen molar-refractivity contribution in [3.63, 3.8) is 0 Å². The quantitative estimate of drug-likeness (QED) is 0.622. The Morgan fingerprint density at radius 2 is 2.36 bits per heavy atom. The van der Waals surface area contributed by atoms with Crippen molar-refractivity contribution in [3.05, 3.63) is 12.2 Å². The van der Waals surface area contributed by atoms with E-state index in [-0.39, 0.29) is 0 Å². The summed E-state index contributed by atoms with van der Waals surface area (Å²) in [6.07, 6.45) is 5.08. The summed E-state index contributed by atoms with van der Waals surface area (Å²) < 4.78 is 12.4. The summed E-state index contributed by atoms with van der Waals surface area (Å²) in [6.45, 7) is -0.757. The first-order valence-electron chi connectivity index (χ1n) is 3.66. The number of carboxylic acid groups (broad SMARTS) is 1. The van der Waals surface area contributed by atoms with E-state index in [0.29, 0.717) is 19.3 Å². The van der Waals surface area contributed by atoms with Gasteiger partial charge in [0.25, 0.3) is 0 Å². The molecule has 2 nitrogen and oxygen atoms in total. The van der Waals surface area contributed by atoms with E-state index in [2.05, 4.69) is 0 Å². The summed E-state index contributed by atoms with van der Waals surface area (Å²) in [5, 5.41) is 8.71. The molecule has 0 fully saturated rings. The predicted molar refractivity (Wildman–Crippen MR) is 39.0 cm³/mol. The van der Waals surface area contributed by atoms with Crippen LogP contribution in [0.1, 0.15) is 19.3 Å². The summed E-state index contributed by atoms with van der Waals surface area (Å²) in [7, 11) is 0. The Morgan fingerprint density at radius 3 is 2.64 bits per heavy atom. The highest BCUT2D eigenvalue weighted by atomic mass is 19.1. The van der Waals surface area contributed by atoms with Gasteiger partial charge in [-0.15, -0.1) is 0 Å². The lowest BCUT2D eigenvalue weighted by Crippen LogP contribution is -2.33. The summed E-state index contributed by atoms with van der Waals surface area (Å²) in [4.78, 5) is 10.6. The zero-order chi connectivity index (χ0) is 8.32. The Labute approximate surface area is 64.7 Å². The summed E-state index contributed by atoms with van der Waals surface area (Å²) in [5.74, 6) is -1.01. The van der Waals surface area contributed by atoms with Crippen LogP contribution in [0.15, 0.2) is 12.2 Å². The number of halogens is 1. The van der Waals surface area contributed by atoms with Crippen LogP contribution >= 0.6 is 0 Å². The molecule has 0 spiro atoms. The molecule has 0 bridgehead atoms. The number of allylic oxidation sites excluding steroid dienone is 2. The molecule has 0 aromatic rings. The van der Waals surface area contributed by atoms with Gasteiger partial charge in [0.2, 0.25) is 0 Å². The van der Waals surface area contributed by atoms with Crippen LogP contribution in [0.4, 0.5) is 4.39 Å². The number of aliphatic carboxylic acids is 1. The van der Waals surface area contributed by atoms with Gasteiger partial charge in [-0.05, 0) is 19.3 Å². The molecular weight excluding hydrogens is 147 g/mol. The van der Waals surface area contributed by atoms with Gasteiger partial charge in [0, 0.05) is 0 Å². The number of hydrogen-bond acceptors (Lipinski definition) is 1. The maximum Gasteiger partial charge on any atom is 0.312 e. The Kier molecular flexibility index (Phi) is 2.27. The smallest absolute Gasteiger partial charge is 0.312 e. The molecule has 0 aromatic heterocycles. The number of hydrogen-bond donors (Lipinski definition) is 1. The van der Waals surface area contributed by atoms with Gasteiger partial charge in [-0.2, -0.15) is 0 Å². The summed E-state index contributed by atoms with van der Waals surface area (Å²) in [6, 6.07) is 0. The monoisotopic (exact) mass is 158 g/mol. The molecule has 3 heteroatoms. The van der Waals surface area contributed by atoms with Crippen molar-refractivity contribution in [2.45, 2.75) is 19.3 Å². The highest BCUT2D eigenvalue weighted by molar-refractivity contribution is 5.75. The molecule has 1 N–H and O–H groups in total. The second-order valence-corrected chi connectivity index (χ2v) is 2.93. The molecule has 1 rings (SSSR count). The topological polar surface area (TPSA) is 37.3 Å². The first-order valence-corrected chi connectivity index (χ1v) is 3.66. The fourth-order valence-corrected chi connectivity index (χ4v) is 1.26. The van der Waals surface area contributed by atoms with Crippen LogP contribution in [0.2, 0.25) is 0 Å². The van der Waals surface area contributed by atoms with Crippen molar-refractivity contribution in [1.29, 1.82) is 0 Å². The zero-order valence-electron chi connectivity index (χ0n) is 6.22. The van der Waals surface area contributed by atoms with Crippen molar-refractivity contribution >= 4 is 5.97 Å². The van der Waals surface area contributed by atoms with Gasteiger partial charge >= 0.3 is 5.97 Å². The number of carboxylic acids is 1. The van der Waals surface area contributed by atoms with Crippen molar-refractivity contribution in [2.75, 3.05) is 6.67 Å². The van der Waals surface area contributed by atoms with Crippen LogP contribution in [-0.2, 0) is 4.79 Å². The van der Waals surface area contributed by atoms with Crippen molar-refractivity contribution in [1.82, 2.24) is 0 Å². The Morgan fingerprint density at radius 1 is 1.64 bits per heavy atom. The number of carbonyl (C=O) groups is 1. The van der Waals surface area contributed by atoms with Crippen LogP contribution < -0.4 is 0 Å². The van der Waals surface area contributed by atoms with E-state index in [1.54, 1.807) is 6.08 Å². The van der Waals surface area contributed by atoms with Gasteiger partial charge in [0.1, 0.15) is 6.67 Å². The molecule has 0 saturated carbocycles. The standard InChI is InChI=1S/C8H11FO2/c9-6-8(7(10)11)4-2-1-3-5-8/h1-2H,3-6H2,(H,10,11). The zero-order valence-corrected chi connectivity index (χ0v) is 6.22. The maximum absolute atomic E-state index is 12.4. The van der Waals surface area contributed by atoms with Crippen LogP contribution in [0.5, 0.6) is 0 Å². The van der Waals surface area contributed by atoms with E-state index >= 15 is 0 Å². The molecule has 0 heterocycles. The molecule has 62 valence electrons. The molecule has 1 aliphatic carbocycles. The van der Waals surface area contributed by atoms with Crippen molar-refractivity contribution < 1.29 is 14.3 Å². The van der Waals surface area contributed by atoms with Gasteiger partial charge in [-0.1, -0.05) is 12.2 Å². The lowest BCUT2D eigenvalue weighted by atomic mass is 9.78. The highest BCUT2D eigenvalue weighted by Gasteiger charge is 2.38. The van der Waals surface area contributed by atoms with E-state index in [1.165, 1.54) is 0 Å². The van der Waals surface area contributed by atoms with Crippen LogP contribution in [0, 0.1) is 5.41 Å². The molecule has 1 unspecified atom stereocenters. The first kappa shape index (κ1) is 8.24. The highest BCUT2D eigenvalue weighted by Crippen LogP contribution is 2.33. The number of rotatable bonds is 2. The normalized spacial score (nSPS) is 30.3. The Hall–Kier alpha value is -0.860. The molecule has 0 aromatic carbocycles.